The molecule has 2 nitrogen and oxygen atoms in total. The molecule has 0 aromatic carbocycles. The molecule has 1 N–H and O–H groups in total. The number of β-amino-alcohol motifs (C(OH)–C–C–N with tert-alkyl or cyclic N) is 1. The summed E-state index contributed by atoms with van der Waals surface area (Å²) in [5.74, 6) is -3.36. The number of aliphatic hydroxyl groups is 1. The highest BCUT2D eigenvalue weighted by Crippen LogP contribution is 2.48. The van der Waals surface area contributed by atoms with E-state index in [4.69, 9.17) is 5.11 Å². The lowest BCUT2D eigenvalue weighted by Gasteiger charge is -2.37. The van der Waals surface area contributed by atoms with Gasteiger partial charge in [0.15, 0.2) is 0 Å². The molecule has 2 atom stereocenters. The zero-order valence-electron chi connectivity index (χ0n) is 7.55. The van der Waals surface area contributed by atoms with Gasteiger partial charge >= 0.3 is 0 Å². The van der Waals surface area contributed by atoms with Gasteiger partial charge in [-0.05, 0) is 12.8 Å². The second kappa shape index (κ2) is 3.17. The lowest BCUT2D eigenvalue weighted by Crippen LogP contribution is -2.49. The number of piperidine rings is 1. The van der Waals surface area contributed by atoms with Gasteiger partial charge in [0.2, 0.25) is 0 Å². The van der Waals surface area contributed by atoms with Crippen molar-refractivity contribution >= 4 is 0 Å². The molecule has 0 amide bonds. The van der Waals surface area contributed by atoms with E-state index in [1.807, 2.05) is 4.90 Å². The number of aliphatic hydroxyl groups excluding tert-OH is 1. The minimum Gasteiger partial charge on any atom is -0.395 e. The molecule has 4 heteroatoms. The fraction of sp³-hybridized carbons (Fsp3) is 1.00. The molecule has 76 valence electrons. The molecule has 2 bridgehead atoms. The predicted octanol–water partition coefficient (Wildman–Crippen LogP) is 0.956. The fourth-order valence-electron chi connectivity index (χ4n) is 2.57. The van der Waals surface area contributed by atoms with Crippen molar-refractivity contribution in [3.05, 3.63) is 0 Å². The summed E-state index contributed by atoms with van der Waals surface area (Å²) in [6.07, 6.45) is 1.30. The minimum absolute atomic E-state index is 0.0744. The molecule has 1 heterocycles. The Balaban J connectivity index is 2.02. The third kappa shape index (κ3) is 1.46. The van der Waals surface area contributed by atoms with Gasteiger partial charge in [0.1, 0.15) is 0 Å². The van der Waals surface area contributed by atoms with E-state index in [-0.39, 0.29) is 6.61 Å². The molecule has 13 heavy (non-hydrogen) atoms. The van der Waals surface area contributed by atoms with Crippen LogP contribution >= 0.6 is 0 Å². The first-order valence-electron chi connectivity index (χ1n) is 4.85. The summed E-state index contributed by atoms with van der Waals surface area (Å²) < 4.78 is 26.8. The van der Waals surface area contributed by atoms with Gasteiger partial charge in [-0.2, -0.15) is 0 Å². The third-order valence-corrected chi connectivity index (χ3v) is 3.33. The van der Waals surface area contributed by atoms with E-state index in [1.165, 1.54) is 0 Å². The van der Waals surface area contributed by atoms with E-state index in [1.54, 1.807) is 0 Å². The van der Waals surface area contributed by atoms with Crippen LogP contribution in [0.1, 0.15) is 12.8 Å². The zero-order chi connectivity index (χ0) is 9.47. The number of nitrogens with zero attached hydrogens (tertiary/aromatic N) is 1. The molecule has 0 aromatic heterocycles. The van der Waals surface area contributed by atoms with Gasteiger partial charge in [0.25, 0.3) is 5.92 Å². The summed E-state index contributed by atoms with van der Waals surface area (Å²) in [5, 5.41) is 8.71. The van der Waals surface area contributed by atoms with Gasteiger partial charge in [-0.3, -0.25) is 0 Å². The van der Waals surface area contributed by atoms with E-state index < -0.39 is 17.8 Å². The lowest BCUT2D eigenvalue weighted by atomic mass is 9.94. The van der Waals surface area contributed by atoms with Crippen molar-refractivity contribution in [2.75, 3.05) is 26.2 Å². The Morgan fingerprint density at radius 1 is 1.23 bits per heavy atom. The first-order chi connectivity index (χ1) is 6.14. The molecular weight excluding hydrogens is 176 g/mol. The Kier molecular flexibility index (Phi) is 2.28. The number of hydrogen-bond acceptors (Lipinski definition) is 2. The summed E-state index contributed by atoms with van der Waals surface area (Å²) in [5.41, 5.74) is 0. The maximum atomic E-state index is 13.4. The van der Waals surface area contributed by atoms with Crippen LogP contribution < -0.4 is 0 Å². The van der Waals surface area contributed by atoms with Crippen LogP contribution in [0.25, 0.3) is 0 Å². The van der Waals surface area contributed by atoms with Crippen molar-refractivity contribution in [3.63, 3.8) is 0 Å². The molecule has 2 rings (SSSR count). The molecule has 0 spiro atoms. The van der Waals surface area contributed by atoms with Crippen LogP contribution in [-0.4, -0.2) is 42.2 Å². The summed E-state index contributed by atoms with van der Waals surface area (Å²) >= 11 is 0. The van der Waals surface area contributed by atoms with Gasteiger partial charge in [-0.15, -0.1) is 0 Å². The molecule has 1 saturated heterocycles. The van der Waals surface area contributed by atoms with Crippen LogP contribution in [0.4, 0.5) is 8.78 Å². The molecule has 1 saturated carbocycles. The van der Waals surface area contributed by atoms with Gasteiger partial charge < -0.3 is 10.0 Å². The van der Waals surface area contributed by atoms with Crippen molar-refractivity contribution in [1.29, 1.82) is 0 Å². The molecular formula is C9H15F2NO. The van der Waals surface area contributed by atoms with Gasteiger partial charge in [0, 0.05) is 31.5 Å². The number of rotatable bonds is 2. The molecule has 1 aliphatic carbocycles. The van der Waals surface area contributed by atoms with Crippen molar-refractivity contribution in [1.82, 2.24) is 4.90 Å². The highest BCUT2D eigenvalue weighted by molar-refractivity contribution is 4.98. The monoisotopic (exact) mass is 191 g/mol. The maximum Gasteiger partial charge on any atom is 0.256 e. The average Bonchev–Trinajstić information content (AvgIpc) is 2.29. The number of alkyl halides is 2. The van der Waals surface area contributed by atoms with Crippen LogP contribution in [0.2, 0.25) is 0 Å². The Bertz CT molecular complexity index is 182. The normalized spacial score (nSPS) is 38.1. The van der Waals surface area contributed by atoms with Crippen LogP contribution in [0.3, 0.4) is 0 Å². The standard InChI is InChI=1S/C9H15F2NO/c10-9(11)7-1-2-8(9)6-12(5-7)3-4-13/h7-8,13H,1-6H2. The summed E-state index contributed by atoms with van der Waals surface area (Å²) in [6, 6.07) is 0. The van der Waals surface area contributed by atoms with Crippen LogP contribution in [0.5, 0.6) is 0 Å². The van der Waals surface area contributed by atoms with Crippen molar-refractivity contribution in [2.24, 2.45) is 11.8 Å². The van der Waals surface area contributed by atoms with E-state index in [9.17, 15) is 8.78 Å². The fourth-order valence-corrected chi connectivity index (χ4v) is 2.57. The molecule has 0 radical (unpaired) electrons. The number of hydrogen-bond donors (Lipinski definition) is 1. The van der Waals surface area contributed by atoms with E-state index in [2.05, 4.69) is 0 Å². The number of fused-ring (bicyclic) bond motifs is 2. The predicted molar refractivity (Wildman–Crippen MR) is 44.7 cm³/mol. The summed E-state index contributed by atoms with van der Waals surface area (Å²) in [7, 11) is 0. The van der Waals surface area contributed by atoms with Gasteiger partial charge in [0.05, 0.1) is 6.61 Å². The van der Waals surface area contributed by atoms with Crippen molar-refractivity contribution < 1.29 is 13.9 Å². The highest BCUT2D eigenvalue weighted by atomic mass is 19.3. The first kappa shape index (κ1) is 9.34. The SMILES string of the molecule is OCCN1CC2CCC(C1)C2(F)F. The van der Waals surface area contributed by atoms with Crippen LogP contribution in [0, 0.1) is 11.8 Å². The number of halogens is 2. The molecule has 2 unspecified atom stereocenters. The Hall–Kier alpha value is -0.220. The topological polar surface area (TPSA) is 23.5 Å². The smallest absolute Gasteiger partial charge is 0.256 e. The van der Waals surface area contributed by atoms with Gasteiger partial charge in [-0.25, -0.2) is 8.78 Å². The Labute approximate surface area is 76.5 Å². The highest BCUT2D eigenvalue weighted by Gasteiger charge is 2.55. The number of likely N-dealkylation sites (tertiary alicyclic amines) is 1. The minimum atomic E-state index is -2.44. The zero-order valence-corrected chi connectivity index (χ0v) is 7.55. The Morgan fingerprint density at radius 2 is 1.77 bits per heavy atom. The van der Waals surface area contributed by atoms with E-state index in [0.29, 0.717) is 32.5 Å². The van der Waals surface area contributed by atoms with Crippen molar-refractivity contribution in [2.45, 2.75) is 18.8 Å². The quantitative estimate of drug-likeness (QED) is 0.702. The molecule has 0 aromatic rings. The van der Waals surface area contributed by atoms with Gasteiger partial charge in [-0.1, -0.05) is 0 Å². The third-order valence-electron chi connectivity index (χ3n) is 3.33. The summed E-state index contributed by atoms with van der Waals surface area (Å²) in [6.45, 7) is 1.54. The lowest BCUT2D eigenvalue weighted by molar-refractivity contribution is -0.118. The maximum absolute atomic E-state index is 13.4. The van der Waals surface area contributed by atoms with Crippen LogP contribution in [0.15, 0.2) is 0 Å². The molecule has 2 fully saturated rings. The van der Waals surface area contributed by atoms with E-state index >= 15 is 0 Å². The second-order valence-electron chi connectivity index (χ2n) is 4.13. The van der Waals surface area contributed by atoms with Crippen molar-refractivity contribution in [3.8, 4) is 0 Å². The molecule has 1 aliphatic heterocycles. The largest absolute Gasteiger partial charge is 0.395 e. The van der Waals surface area contributed by atoms with Crippen LogP contribution in [-0.2, 0) is 0 Å². The first-order valence-corrected chi connectivity index (χ1v) is 4.85. The Morgan fingerprint density at radius 3 is 2.23 bits per heavy atom. The average molecular weight is 191 g/mol. The summed E-state index contributed by atoms with van der Waals surface area (Å²) in [4.78, 5) is 1.96. The molecule has 2 aliphatic rings. The second-order valence-corrected chi connectivity index (χ2v) is 4.13. The van der Waals surface area contributed by atoms with E-state index in [0.717, 1.165) is 0 Å².